The normalized spacial score (nSPS) is 10.4. The molecule has 0 aliphatic rings. The van der Waals surface area contributed by atoms with Crippen LogP contribution in [0.25, 0.3) is 11.3 Å². The maximum absolute atomic E-state index is 12.3. The number of anilines is 1. The summed E-state index contributed by atoms with van der Waals surface area (Å²) < 4.78 is 6.48. The van der Waals surface area contributed by atoms with Gasteiger partial charge in [0.1, 0.15) is 5.76 Å². The number of halogens is 3. The Morgan fingerprint density at radius 1 is 1.08 bits per heavy atom. The van der Waals surface area contributed by atoms with Crippen LogP contribution in [-0.4, -0.2) is 11.0 Å². The molecule has 0 saturated carbocycles. The zero-order valence-corrected chi connectivity index (χ0v) is 17.0. The molecule has 26 heavy (non-hydrogen) atoms. The van der Waals surface area contributed by atoms with Gasteiger partial charge in [-0.05, 0) is 60.7 Å². The summed E-state index contributed by atoms with van der Waals surface area (Å²) in [5, 5.41) is 6.62. The number of furan rings is 1. The third-order valence-corrected chi connectivity index (χ3v) is 4.58. The largest absolute Gasteiger partial charge is 0.451 e. The van der Waals surface area contributed by atoms with Crippen LogP contribution in [0.15, 0.2) is 63.5 Å². The van der Waals surface area contributed by atoms with E-state index in [4.69, 9.17) is 39.8 Å². The molecule has 1 amide bonds. The molecule has 2 aromatic carbocycles. The molecular weight excluding hydrogens is 459 g/mol. The molecule has 0 atom stereocenters. The van der Waals surface area contributed by atoms with Gasteiger partial charge in [-0.15, -0.1) is 0 Å². The van der Waals surface area contributed by atoms with Crippen LogP contribution in [0.5, 0.6) is 0 Å². The molecule has 1 heterocycles. The number of rotatable bonds is 3. The highest BCUT2D eigenvalue weighted by atomic mass is 79.9. The highest BCUT2D eigenvalue weighted by Gasteiger charge is 2.15. The number of nitrogens with one attached hydrogen (secondary N) is 2. The van der Waals surface area contributed by atoms with Gasteiger partial charge in [0.25, 0.3) is 5.91 Å². The lowest BCUT2D eigenvalue weighted by Gasteiger charge is -2.08. The predicted molar refractivity (Wildman–Crippen MR) is 112 cm³/mol. The first-order valence-corrected chi connectivity index (χ1v) is 9.31. The minimum Gasteiger partial charge on any atom is -0.451 e. The molecule has 3 aromatic rings. The van der Waals surface area contributed by atoms with Gasteiger partial charge in [0.05, 0.1) is 5.02 Å². The summed E-state index contributed by atoms with van der Waals surface area (Å²) in [5.74, 6) is 0.112. The van der Waals surface area contributed by atoms with Crippen LogP contribution >= 0.6 is 51.3 Å². The van der Waals surface area contributed by atoms with Crippen molar-refractivity contribution in [3.8, 4) is 11.3 Å². The minimum absolute atomic E-state index is 0.115. The van der Waals surface area contributed by atoms with Crippen molar-refractivity contribution < 1.29 is 9.21 Å². The van der Waals surface area contributed by atoms with Gasteiger partial charge in [-0.3, -0.25) is 10.1 Å². The first-order chi connectivity index (χ1) is 12.4. The molecule has 0 spiro atoms. The smallest absolute Gasteiger partial charge is 0.293 e. The van der Waals surface area contributed by atoms with Gasteiger partial charge in [0.15, 0.2) is 10.9 Å². The van der Waals surface area contributed by atoms with Crippen molar-refractivity contribution in [3.63, 3.8) is 0 Å². The molecule has 0 aliphatic carbocycles. The van der Waals surface area contributed by atoms with E-state index in [1.165, 1.54) is 0 Å². The topological polar surface area (TPSA) is 54.3 Å². The molecule has 1 aromatic heterocycles. The Labute approximate surface area is 173 Å². The third-order valence-electron chi connectivity index (χ3n) is 3.34. The number of carbonyl (C=O) groups excluding carboxylic acids is 1. The van der Waals surface area contributed by atoms with Gasteiger partial charge in [0.2, 0.25) is 0 Å². The van der Waals surface area contributed by atoms with Crippen molar-refractivity contribution >= 4 is 68.1 Å². The predicted octanol–water partition coefficient (Wildman–Crippen LogP) is 6.14. The van der Waals surface area contributed by atoms with Gasteiger partial charge in [0, 0.05) is 20.7 Å². The Kier molecular flexibility index (Phi) is 5.98. The summed E-state index contributed by atoms with van der Waals surface area (Å²) in [6.45, 7) is 0. The maximum atomic E-state index is 12.3. The molecule has 8 heteroatoms. The number of amides is 1. The van der Waals surface area contributed by atoms with E-state index in [1.54, 1.807) is 30.3 Å². The number of hydrogen-bond donors (Lipinski definition) is 2. The Hall–Kier alpha value is -1.86. The Morgan fingerprint density at radius 3 is 2.62 bits per heavy atom. The summed E-state index contributed by atoms with van der Waals surface area (Å²) in [6.07, 6.45) is 0. The fraction of sp³-hybridized carbons (Fsp3) is 0. The molecule has 0 unspecified atom stereocenters. The molecule has 0 bridgehead atoms. The molecular formula is C18H11BrCl2N2O2S. The quantitative estimate of drug-likeness (QED) is 0.452. The molecule has 0 radical (unpaired) electrons. The van der Waals surface area contributed by atoms with Gasteiger partial charge in [-0.25, -0.2) is 0 Å². The van der Waals surface area contributed by atoms with Crippen LogP contribution in [0.3, 0.4) is 0 Å². The number of hydrogen-bond acceptors (Lipinski definition) is 3. The van der Waals surface area contributed by atoms with Crippen molar-refractivity contribution in [2.24, 2.45) is 0 Å². The Balaban J connectivity index is 1.69. The molecule has 0 saturated heterocycles. The fourth-order valence-corrected chi connectivity index (χ4v) is 3.30. The van der Waals surface area contributed by atoms with E-state index in [2.05, 4.69) is 26.6 Å². The lowest BCUT2D eigenvalue weighted by atomic mass is 10.2. The fourth-order valence-electron chi connectivity index (χ4n) is 2.19. The highest BCUT2D eigenvalue weighted by molar-refractivity contribution is 9.10. The third kappa shape index (κ3) is 4.65. The lowest BCUT2D eigenvalue weighted by Crippen LogP contribution is -2.33. The van der Waals surface area contributed by atoms with Crippen molar-refractivity contribution in [2.45, 2.75) is 0 Å². The van der Waals surface area contributed by atoms with Gasteiger partial charge in [-0.2, -0.15) is 0 Å². The summed E-state index contributed by atoms with van der Waals surface area (Å²) in [6, 6.07) is 15.7. The molecule has 2 N–H and O–H groups in total. The molecule has 4 nitrogen and oxygen atoms in total. The van der Waals surface area contributed by atoms with Crippen LogP contribution in [0.1, 0.15) is 10.6 Å². The SMILES string of the molecule is O=C(NC(=S)Nc1cccc(Br)c1)c1ccc(-c2ccc(Cl)cc2Cl)o1. The minimum atomic E-state index is -0.464. The standard InChI is InChI=1S/C18H11BrCl2N2O2S/c19-10-2-1-3-12(8-10)22-18(26)23-17(24)16-7-6-15(25-16)13-5-4-11(20)9-14(13)21/h1-9H,(H2,22,23,24,26). The van der Waals surface area contributed by atoms with E-state index in [1.807, 2.05) is 24.3 Å². The molecule has 132 valence electrons. The van der Waals surface area contributed by atoms with E-state index in [0.717, 1.165) is 10.2 Å². The van der Waals surface area contributed by atoms with E-state index < -0.39 is 5.91 Å². The van der Waals surface area contributed by atoms with Crippen molar-refractivity contribution in [2.75, 3.05) is 5.32 Å². The Morgan fingerprint density at radius 2 is 1.88 bits per heavy atom. The zero-order valence-electron chi connectivity index (χ0n) is 13.1. The first-order valence-electron chi connectivity index (χ1n) is 7.35. The maximum Gasteiger partial charge on any atom is 0.293 e. The second kappa shape index (κ2) is 8.22. The van der Waals surface area contributed by atoms with Crippen molar-refractivity contribution in [1.29, 1.82) is 0 Å². The summed E-state index contributed by atoms with van der Waals surface area (Å²) in [4.78, 5) is 12.3. The van der Waals surface area contributed by atoms with E-state index in [0.29, 0.717) is 21.4 Å². The van der Waals surface area contributed by atoms with E-state index in [9.17, 15) is 4.79 Å². The van der Waals surface area contributed by atoms with Crippen LogP contribution < -0.4 is 10.6 Å². The van der Waals surface area contributed by atoms with Crippen LogP contribution in [0.4, 0.5) is 5.69 Å². The average Bonchev–Trinajstić information content (AvgIpc) is 3.04. The molecule has 0 fully saturated rings. The summed E-state index contributed by atoms with van der Waals surface area (Å²) in [7, 11) is 0. The molecule has 0 aliphatic heterocycles. The molecule has 3 rings (SSSR count). The van der Waals surface area contributed by atoms with Gasteiger partial charge < -0.3 is 9.73 Å². The number of carbonyl (C=O) groups is 1. The highest BCUT2D eigenvalue weighted by Crippen LogP contribution is 2.31. The monoisotopic (exact) mass is 468 g/mol. The average molecular weight is 470 g/mol. The number of benzene rings is 2. The van der Waals surface area contributed by atoms with Gasteiger partial charge in [-0.1, -0.05) is 45.2 Å². The first kappa shape index (κ1) is 18.9. The Bertz CT molecular complexity index is 991. The zero-order chi connectivity index (χ0) is 18.7. The van der Waals surface area contributed by atoms with Crippen LogP contribution in [-0.2, 0) is 0 Å². The van der Waals surface area contributed by atoms with Crippen molar-refractivity contribution in [3.05, 3.63) is 74.9 Å². The van der Waals surface area contributed by atoms with E-state index in [-0.39, 0.29) is 10.9 Å². The summed E-state index contributed by atoms with van der Waals surface area (Å²) in [5.41, 5.74) is 1.39. The van der Waals surface area contributed by atoms with Crippen LogP contribution in [0.2, 0.25) is 10.0 Å². The summed E-state index contributed by atoms with van der Waals surface area (Å²) >= 11 is 20.6. The second-order valence-electron chi connectivity index (χ2n) is 5.21. The second-order valence-corrected chi connectivity index (χ2v) is 7.37. The van der Waals surface area contributed by atoms with E-state index >= 15 is 0 Å². The van der Waals surface area contributed by atoms with Crippen molar-refractivity contribution in [1.82, 2.24) is 5.32 Å². The van der Waals surface area contributed by atoms with Gasteiger partial charge >= 0.3 is 0 Å². The lowest BCUT2D eigenvalue weighted by molar-refractivity contribution is 0.0951. The van der Waals surface area contributed by atoms with Crippen LogP contribution in [0, 0.1) is 0 Å². The number of thiocarbonyl (C=S) groups is 1.